The first-order chi connectivity index (χ1) is 9.49. The maximum atomic E-state index is 12.0. The van der Waals surface area contributed by atoms with Crippen LogP contribution < -0.4 is 11.1 Å². The van der Waals surface area contributed by atoms with Gasteiger partial charge in [0.1, 0.15) is 5.54 Å². The molecule has 1 aliphatic carbocycles. The highest BCUT2D eigenvalue weighted by atomic mass is 32.2. The zero-order valence-corrected chi connectivity index (χ0v) is 13.3. The van der Waals surface area contributed by atoms with E-state index in [1.165, 1.54) is 16.0 Å². The number of nitrogens with one attached hydrogen (secondary N) is 1. The van der Waals surface area contributed by atoms with Gasteiger partial charge in [-0.3, -0.25) is 4.79 Å². The van der Waals surface area contributed by atoms with E-state index in [4.69, 9.17) is 5.73 Å². The van der Waals surface area contributed by atoms with Gasteiger partial charge >= 0.3 is 0 Å². The second-order valence-corrected chi connectivity index (χ2v) is 6.72. The van der Waals surface area contributed by atoms with Gasteiger partial charge in [-0.05, 0) is 50.8 Å². The Balaban J connectivity index is 2.14. The van der Waals surface area contributed by atoms with E-state index < -0.39 is 5.54 Å². The highest BCUT2D eigenvalue weighted by Gasteiger charge is 2.49. The largest absolute Gasteiger partial charge is 0.368 e. The van der Waals surface area contributed by atoms with Crippen LogP contribution in [-0.2, 0) is 4.79 Å². The Morgan fingerprint density at radius 2 is 2.15 bits per heavy atom. The van der Waals surface area contributed by atoms with Crippen molar-refractivity contribution in [3.05, 3.63) is 29.3 Å². The zero-order valence-electron chi connectivity index (χ0n) is 12.5. The second kappa shape index (κ2) is 6.19. The molecule has 20 heavy (non-hydrogen) atoms. The van der Waals surface area contributed by atoms with E-state index in [-0.39, 0.29) is 5.91 Å². The third kappa shape index (κ3) is 3.18. The van der Waals surface area contributed by atoms with Gasteiger partial charge in [0.15, 0.2) is 0 Å². The molecule has 1 fully saturated rings. The number of nitrogens with two attached hydrogens (primary N) is 1. The Hall–Kier alpha value is -1.00. The molecular formula is C16H24N2OS. The SMILES string of the molecule is CCNC(CSc1ccc(C)cc1C)(C(N)=O)C1CC1. The van der Waals surface area contributed by atoms with Gasteiger partial charge in [0.2, 0.25) is 5.91 Å². The standard InChI is InChI=1S/C16H24N2OS/c1-4-18-16(15(17)19,13-6-7-13)10-20-14-8-5-11(2)9-12(14)3/h5,8-9,13,18H,4,6-7,10H2,1-3H3,(H2,17,19). The predicted octanol–water partition coefficient (Wildman–Crippen LogP) is 2.64. The van der Waals surface area contributed by atoms with Gasteiger partial charge in [-0.25, -0.2) is 0 Å². The summed E-state index contributed by atoms with van der Waals surface area (Å²) in [5.41, 5.74) is 7.70. The van der Waals surface area contributed by atoms with Crippen molar-refractivity contribution in [2.45, 2.75) is 44.0 Å². The lowest BCUT2D eigenvalue weighted by molar-refractivity contribution is -0.124. The Kier molecular flexibility index (Phi) is 4.76. The zero-order chi connectivity index (χ0) is 14.8. The Bertz CT molecular complexity index is 499. The fraction of sp³-hybridized carbons (Fsp3) is 0.562. The number of amides is 1. The predicted molar refractivity (Wildman–Crippen MR) is 85.0 cm³/mol. The molecule has 0 radical (unpaired) electrons. The smallest absolute Gasteiger partial charge is 0.238 e. The van der Waals surface area contributed by atoms with Crippen molar-refractivity contribution in [1.82, 2.24) is 5.32 Å². The Morgan fingerprint density at radius 3 is 2.65 bits per heavy atom. The van der Waals surface area contributed by atoms with Gasteiger partial charge in [-0.15, -0.1) is 11.8 Å². The molecule has 0 heterocycles. The highest BCUT2D eigenvalue weighted by molar-refractivity contribution is 7.99. The molecule has 3 nitrogen and oxygen atoms in total. The number of hydrogen-bond acceptors (Lipinski definition) is 3. The molecule has 1 atom stereocenters. The first-order valence-corrected chi connectivity index (χ1v) is 8.23. The molecule has 0 aliphatic heterocycles. The Labute approximate surface area is 125 Å². The fourth-order valence-corrected chi connectivity index (χ4v) is 4.03. The highest BCUT2D eigenvalue weighted by Crippen LogP contribution is 2.42. The lowest BCUT2D eigenvalue weighted by atomic mass is 9.94. The summed E-state index contributed by atoms with van der Waals surface area (Å²) in [5, 5.41) is 3.36. The van der Waals surface area contributed by atoms with Crippen LogP contribution in [0.2, 0.25) is 0 Å². The van der Waals surface area contributed by atoms with E-state index in [1.54, 1.807) is 11.8 Å². The number of likely N-dealkylation sites (N-methyl/N-ethyl adjacent to an activating group) is 1. The van der Waals surface area contributed by atoms with E-state index in [2.05, 4.69) is 37.4 Å². The molecule has 0 saturated heterocycles. The van der Waals surface area contributed by atoms with Crippen molar-refractivity contribution in [2.75, 3.05) is 12.3 Å². The Morgan fingerprint density at radius 1 is 1.45 bits per heavy atom. The number of hydrogen-bond donors (Lipinski definition) is 2. The van der Waals surface area contributed by atoms with E-state index in [0.29, 0.717) is 11.7 Å². The van der Waals surface area contributed by atoms with Crippen molar-refractivity contribution in [2.24, 2.45) is 11.7 Å². The molecule has 0 spiro atoms. The number of rotatable bonds is 7. The molecule has 3 N–H and O–H groups in total. The molecule has 1 aromatic rings. The molecule has 1 aliphatic rings. The van der Waals surface area contributed by atoms with Gasteiger partial charge < -0.3 is 11.1 Å². The maximum Gasteiger partial charge on any atom is 0.238 e. The van der Waals surface area contributed by atoms with E-state index in [1.807, 2.05) is 6.92 Å². The van der Waals surface area contributed by atoms with Gasteiger partial charge in [-0.2, -0.15) is 0 Å². The number of carbonyl (C=O) groups excluding carboxylic acids is 1. The lowest BCUT2D eigenvalue weighted by Gasteiger charge is -2.31. The van der Waals surface area contributed by atoms with Crippen LogP contribution in [0, 0.1) is 19.8 Å². The van der Waals surface area contributed by atoms with E-state index in [9.17, 15) is 4.79 Å². The normalized spacial score (nSPS) is 17.8. The van der Waals surface area contributed by atoms with Crippen LogP contribution in [0.3, 0.4) is 0 Å². The summed E-state index contributed by atoms with van der Waals surface area (Å²) in [4.78, 5) is 13.2. The molecule has 1 aromatic carbocycles. The monoisotopic (exact) mass is 292 g/mol. The average molecular weight is 292 g/mol. The molecule has 0 bridgehead atoms. The summed E-state index contributed by atoms with van der Waals surface area (Å²) < 4.78 is 0. The molecule has 2 rings (SSSR count). The summed E-state index contributed by atoms with van der Waals surface area (Å²) in [6.07, 6.45) is 2.20. The third-order valence-corrected chi connectivity index (χ3v) is 5.36. The van der Waals surface area contributed by atoms with Crippen LogP contribution in [0.25, 0.3) is 0 Å². The van der Waals surface area contributed by atoms with Crippen molar-refractivity contribution in [3.63, 3.8) is 0 Å². The van der Waals surface area contributed by atoms with Gasteiger partial charge in [-0.1, -0.05) is 24.6 Å². The van der Waals surface area contributed by atoms with Gasteiger partial charge in [0.05, 0.1) is 0 Å². The van der Waals surface area contributed by atoms with Crippen molar-refractivity contribution >= 4 is 17.7 Å². The average Bonchev–Trinajstić information content (AvgIpc) is 3.20. The number of carbonyl (C=O) groups is 1. The first kappa shape index (κ1) is 15.4. The molecule has 1 unspecified atom stereocenters. The maximum absolute atomic E-state index is 12.0. The minimum absolute atomic E-state index is 0.209. The van der Waals surface area contributed by atoms with E-state index in [0.717, 1.165) is 19.4 Å². The number of thioether (sulfide) groups is 1. The van der Waals surface area contributed by atoms with Crippen molar-refractivity contribution in [3.8, 4) is 0 Å². The summed E-state index contributed by atoms with van der Waals surface area (Å²) >= 11 is 1.74. The van der Waals surface area contributed by atoms with E-state index >= 15 is 0 Å². The molecule has 1 saturated carbocycles. The minimum Gasteiger partial charge on any atom is -0.368 e. The van der Waals surface area contributed by atoms with Crippen LogP contribution in [0.15, 0.2) is 23.1 Å². The van der Waals surface area contributed by atoms with Gasteiger partial charge in [0, 0.05) is 10.6 Å². The van der Waals surface area contributed by atoms with Crippen LogP contribution in [0.4, 0.5) is 0 Å². The molecule has 4 heteroatoms. The molecule has 1 amide bonds. The fourth-order valence-electron chi connectivity index (χ4n) is 2.72. The summed E-state index contributed by atoms with van der Waals surface area (Å²) in [5.74, 6) is 0.905. The third-order valence-electron chi connectivity index (χ3n) is 3.99. The minimum atomic E-state index is -0.545. The van der Waals surface area contributed by atoms with Crippen molar-refractivity contribution in [1.29, 1.82) is 0 Å². The van der Waals surface area contributed by atoms with Crippen LogP contribution in [0.5, 0.6) is 0 Å². The second-order valence-electron chi connectivity index (χ2n) is 5.70. The van der Waals surface area contributed by atoms with Crippen LogP contribution >= 0.6 is 11.8 Å². The summed E-state index contributed by atoms with van der Waals surface area (Å²) in [6, 6.07) is 6.43. The summed E-state index contributed by atoms with van der Waals surface area (Å²) in [7, 11) is 0. The van der Waals surface area contributed by atoms with Crippen molar-refractivity contribution < 1.29 is 4.79 Å². The topological polar surface area (TPSA) is 55.1 Å². The van der Waals surface area contributed by atoms with Crippen LogP contribution in [-0.4, -0.2) is 23.7 Å². The quantitative estimate of drug-likeness (QED) is 0.760. The number of aryl methyl sites for hydroxylation is 2. The first-order valence-electron chi connectivity index (χ1n) is 7.24. The number of benzene rings is 1. The van der Waals surface area contributed by atoms with Gasteiger partial charge in [0.25, 0.3) is 0 Å². The molecule has 0 aromatic heterocycles. The number of primary amides is 1. The van der Waals surface area contributed by atoms with Crippen LogP contribution in [0.1, 0.15) is 30.9 Å². The molecule has 110 valence electrons. The lowest BCUT2D eigenvalue weighted by Crippen LogP contribution is -2.59. The summed E-state index contributed by atoms with van der Waals surface area (Å²) in [6.45, 7) is 7.01. The molecular weight excluding hydrogens is 268 g/mol.